The molecule has 2 aromatic rings. The molecule has 0 atom stereocenters. The lowest BCUT2D eigenvalue weighted by molar-refractivity contribution is 0.101. The number of aryl methyl sites for hydroxylation is 1. The van der Waals surface area contributed by atoms with Gasteiger partial charge in [0, 0.05) is 11.6 Å². The number of anilines is 3. The van der Waals surface area contributed by atoms with E-state index in [0.29, 0.717) is 17.0 Å². The Hall–Kier alpha value is -2.69. The summed E-state index contributed by atoms with van der Waals surface area (Å²) in [5.74, 6) is 1.43. The van der Waals surface area contributed by atoms with Gasteiger partial charge in [-0.2, -0.15) is 0 Å². The maximum absolute atomic E-state index is 11.4. The smallest absolute Gasteiger partial charge is 0.159 e. The van der Waals surface area contributed by atoms with E-state index < -0.39 is 0 Å². The lowest BCUT2D eigenvalue weighted by Crippen LogP contribution is -2.02. The summed E-state index contributed by atoms with van der Waals surface area (Å²) in [7, 11) is 3.24. The van der Waals surface area contributed by atoms with Crippen LogP contribution in [0.3, 0.4) is 0 Å². The first-order valence-corrected chi connectivity index (χ1v) is 7.42. The molecule has 0 heterocycles. The highest BCUT2D eigenvalue weighted by atomic mass is 16.5. The lowest BCUT2D eigenvalue weighted by Gasteiger charge is -2.17. The van der Waals surface area contributed by atoms with Crippen LogP contribution in [-0.2, 0) is 6.42 Å². The van der Waals surface area contributed by atoms with Gasteiger partial charge >= 0.3 is 0 Å². The molecule has 3 N–H and O–H groups in total. The fourth-order valence-electron chi connectivity index (χ4n) is 2.38. The summed E-state index contributed by atoms with van der Waals surface area (Å²) in [5.41, 5.74) is 9.73. The Balaban J connectivity index is 2.41. The minimum Gasteiger partial charge on any atom is -0.496 e. The van der Waals surface area contributed by atoms with Crippen molar-refractivity contribution in [1.82, 2.24) is 0 Å². The van der Waals surface area contributed by atoms with E-state index in [9.17, 15) is 4.79 Å². The number of rotatable bonds is 6. The SMILES string of the molecule is CCc1cc(Nc2ccc(C(C)=O)cc2N)c(OC)cc1OC. The van der Waals surface area contributed by atoms with Crippen LogP contribution in [0.4, 0.5) is 17.1 Å². The van der Waals surface area contributed by atoms with Gasteiger partial charge < -0.3 is 20.5 Å². The molecular weight excluding hydrogens is 292 g/mol. The fraction of sp³-hybridized carbons (Fsp3) is 0.278. The summed E-state index contributed by atoms with van der Waals surface area (Å²) in [6.07, 6.45) is 0.834. The highest BCUT2D eigenvalue weighted by Gasteiger charge is 2.12. The van der Waals surface area contributed by atoms with Gasteiger partial charge in [0.15, 0.2) is 5.78 Å². The number of nitrogens with one attached hydrogen (secondary N) is 1. The molecule has 0 aliphatic carbocycles. The Kier molecular flexibility index (Phi) is 5.11. The van der Waals surface area contributed by atoms with Gasteiger partial charge in [-0.15, -0.1) is 0 Å². The number of methoxy groups -OCH3 is 2. The van der Waals surface area contributed by atoms with E-state index in [1.54, 1.807) is 32.4 Å². The molecule has 0 amide bonds. The maximum atomic E-state index is 11.4. The molecule has 5 heteroatoms. The van der Waals surface area contributed by atoms with Crippen molar-refractivity contribution in [3.63, 3.8) is 0 Å². The van der Waals surface area contributed by atoms with Crippen LogP contribution in [0.15, 0.2) is 30.3 Å². The van der Waals surface area contributed by atoms with Gasteiger partial charge in [-0.3, -0.25) is 4.79 Å². The molecule has 23 heavy (non-hydrogen) atoms. The normalized spacial score (nSPS) is 10.3. The highest BCUT2D eigenvalue weighted by Crippen LogP contribution is 2.36. The van der Waals surface area contributed by atoms with E-state index in [1.165, 1.54) is 6.92 Å². The van der Waals surface area contributed by atoms with Crippen LogP contribution in [0.1, 0.15) is 29.8 Å². The van der Waals surface area contributed by atoms with Crippen molar-refractivity contribution < 1.29 is 14.3 Å². The molecule has 0 bridgehead atoms. The maximum Gasteiger partial charge on any atom is 0.159 e. The van der Waals surface area contributed by atoms with Gasteiger partial charge in [-0.25, -0.2) is 0 Å². The monoisotopic (exact) mass is 314 g/mol. The number of Topliss-reactive ketones (excluding diaryl/α,β-unsaturated/α-hetero) is 1. The first kappa shape index (κ1) is 16.7. The molecule has 0 aliphatic heterocycles. The molecule has 2 rings (SSSR count). The Labute approximate surface area is 136 Å². The van der Waals surface area contributed by atoms with Crippen LogP contribution in [0.2, 0.25) is 0 Å². The predicted octanol–water partition coefficient (Wildman–Crippen LogP) is 3.79. The molecular formula is C18H22N2O3. The Morgan fingerprint density at radius 1 is 1.09 bits per heavy atom. The standard InChI is InChI=1S/C18H22N2O3/c1-5-12-9-16(18(23-4)10-17(12)22-3)20-15-7-6-13(11(2)21)8-14(15)19/h6-10,20H,5,19H2,1-4H3. The third kappa shape index (κ3) is 3.56. The van der Waals surface area contributed by atoms with Crippen LogP contribution >= 0.6 is 0 Å². The van der Waals surface area contributed by atoms with Gasteiger partial charge in [0.05, 0.1) is 31.3 Å². The van der Waals surface area contributed by atoms with Crippen molar-refractivity contribution in [2.75, 3.05) is 25.3 Å². The van der Waals surface area contributed by atoms with Crippen LogP contribution in [0, 0.1) is 0 Å². The van der Waals surface area contributed by atoms with E-state index >= 15 is 0 Å². The van der Waals surface area contributed by atoms with Gasteiger partial charge in [-0.1, -0.05) is 6.92 Å². The van der Waals surface area contributed by atoms with E-state index in [1.807, 2.05) is 12.1 Å². The van der Waals surface area contributed by atoms with Crippen molar-refractivity contribution in [1.29, 1.82) is 0 Å². The third-order valence-corrected chi connectivity index (χ3v) is 3.71. The topological polar surface area (TPSA) is 73.6 Å². The van der Waals surface area contributed by atoms with E-state index in [2.05, 4.69) is 12.2 Å². The summed E-state index contributed by atoms with van der Waals surface area (Å²) < 4.78 is 10.8. The first-order chi connectivity index (χ1) is 11.0. The molecule has 122 valence electrons. The lowest BCUT2D eigenvalue weighted by atomic mass is 10.1. The number of hydrogen-bond donors (Lipinski definition) is 2. The summed E-state index contributed by atoms with van der Waals surface area (Å²) in [6.45, 7) is 3.58. The quantitative estimate of drug-likeness (QED) is 0.627. The van der Waals surface area contributed by atoms with Crippen molar-refractivity contribution in [2.45, 2.75) is 20.3 Å². The molecule has 5 nitrogen and oxygen atoms in total. The minimum atomic E-state index is -0.0152. The Morgan fingerprint density at radius 3 is 2.30 bits per heavy atom. The number of ketones is 1. The number of carbonyl (C=O) groups excluding carboxylic acids is 1. The number of hydrogen-bond acceptors (Lipinski definition) is 5. The van der Waals surface area contributed by atoms with Gasteiger partial charge in [-0.05, 0) is 43.2 Å². The van der Waals surface area contributed by atoms with Crippen LogP contribution < -0.4 is 20.5 Å². The summed E-state index contributed by atoms with van der Waals surface area (Å²) >= 11 is 0. The van der Waals surface area contributed by atoms with Gasteiger partial charge in [0.25, 0.3) is 0 Å². The number of nitrogen functional groups attached to an aromatic ring is 1. The van der Waals surface area contributed by atoms with E-state index in [0.717, 1.165) is 29.1 Å². The first-order valence-electron chi connectivity index (χ1n) is 7.42. The molecule has 0 radical (unpaired) electrons. The molecule has 0 saturated carbocycles. The Bertz CT molecular complexity index is 726. The number of benzene rings is 2. The molecule has 0 spiro atoms. The van der Waals surface area contributed by atoms with Crippen LogP contribution in [0.5, 0.6) is 11.5 Å². The molecule has 0 saturated heterocycles. The summed E-state index contributed by atoms with van der Waals surface area (Å²) in [4.78, 5) is 11.4. The third-order valence-electron chi connectivity index (χ3n) is 3.71. The molecule has 0 aromatic heterocycles. The molecule has 0 fully saturated rings. The average molecular weight is 314 g/mol. The second kappa shape index (κ2) is 7.05. The molecule has 2 aromatic carbocycles. The summed E-state index contributed by atoms with van der Waals surface area (Å²) in [5, 5.41) is 3.27. The van der Waals surface area contributed by atoms with E-state index in [4.69, 9.17) is 15.2 Å². The summed E-state index contributed by atoms with van der Waals surface area (Å²) in [6, 6.07) is 9.04. The minimum absolute atomic E-state index is 0.0152. The number of nitrogens with two attached hydrogens (primary N) is 1. The second-order valence-electron chi connectivity index (χ2n) is 5.20. The fourth-order valence-corrected chi connectivity index (χ4v) is 2.38. The molecule has 0 aliphatic rings. The largest absolute Gasteiger partial charge is 0.496 e. The van der Waals surface area contributed by atoms with Gasteiger partial charge in [0.1, 0.15) is 11.5 Å². The predicted molar refractivity (Wildman–Crippen MR) is 93.1 cm³/mol. The van der Waals surface area contributed by atoms with Crippen molar-refractivity contribution in [2.24, 2.45) is 0 Å². The number of carbonyl (C=O) groups is 1. The van der Waals surface area contributed by atoms with Crippen LogP contribution in [0.25, 0.3) is 0 Å². The average Bonchev–Trinajstić information content (AvgIpc) is 2.55. The zero-order valence-corrected chi connectivity index (χ0v) is 13.9. The molecule has 0 unspecified atom stereocenters. The van der Waals surface area contributed by atoms with E-state index in [-0.39, 0.29) is 5.78 Å². The van der Waals surface area contributed by atoms with Crippen molar-refractivity contribution in [3.8, 4) is 11.5 Å². The van der Waals surface area contributed by atoms with Crippen LogP contribution in [-0.4, -0.2) is 20.0 Å². The highest BCUT2D eigenvalue weighted by molar-refractivity contribution is 5.96. The van der Waals surface area contributed by atoms with Crippen molar-refractivity contribution in [3.05, 3.63) is 41.5 Å². The Morgan fingerprint density at radius 2 is 1.78 bits per heavy atom. The zero-order valence-electron chi connectivity index (χ0n) is 13.9. The second-order valence-corrected chi connectivity index (χ2v) is 5.20. The number of ether oxygens (including phenoxy) is 2. The van der Waals surface area contributed by atoms with Crippen molar-refractivity contribution >= 4 is 22.8 Å². The van der Waals surface area contributed by atoms with Gasteiger partial charge in [0.2, 0.25) is 0 Å². The zero-order chi connectivity index (χ0) is 17.0.